The lowest BCUT2D eigenvalue weighted by Gasteiger charge is -2.18. The molecule has 1 unspecified atom stereocenters. The molecule has 0 saturated carbocycles. The summed E-state index contributed by atoms with van der Waals surface area (Å²) in [6.07, 6.45) is 3.55. The van der Waals surface area contributed by atoms with Gasteiger partial charge in [0.2, 0.25) is 0 Å². The lowest BCUT2D eigenvalue weighted by Crippen LogP contribution is -2.35. The molecule has 4 heteroatoms. The topological polar surface area (TPSA) is 60.4 Å². The third kappa shape index (κ3) is 2.78. The highest BCUT2D eigenvalue weighted by molar-refractivity contribution is 6.21. The average molecular weight is 224 g/mol. The van der Waals surface area contributed by atoms with Gasteiger partial charge in [-0.1, -0.05) is 20.3 Å². The van der Waals surface area contributed by atoms with E-state index in [1.165, 1.54) is 6.08 Å². The van der Waals surface area contributed by atoms with Gasteiger partial charge in [0.25, 0.3) is 0 Å². The van der Waals surface area contributed by atoms with E-state index >= 15 is 0 Å². The van der Waals surface area contributed by atoms with Crippen molar-refractivity contribution in [2.45, 2.75) is 39.5 Å². The summed E-state index contributed by atoms with van der Waals surface area (Å²) in [7, 11) is 0. The van der Waals surface area contributed by atoms with Crippen LogP contribution < -0.4 is 0 Å². The number of hydrogen-bond donors (Lipinski definition) is 0. The van der Waals surface area contributed by atoms with Gasteiger partial charge in [-0.3, -0.25) is 14.4 Å². The Morgan fingerprint density at radius 1 is 1.38 bits per heavy atom. The van der Waals surface area contributed by atoms with Crippen LogP contribution in [-0.2, 0) is 19.1 Å². The summed E-state index contributed by atoms with van der Waals surface area (Å²) < 4.78 is 4.90. The largest absolute Gasteiger partial charge is 0.430 e. The van der Waals surface area contributed by atoms with Gasteiger partial charge in [0.15, 0.2) is 17.5 Å². The van der Waals surface area contributed by atoms with Crippen LogP contribution in [0.3, 0.4) is 0 Å². The SMILES string of the molecule is CCCCC(=O)C1C(=O)C=C(CC)OC1=O. The van der Waals surface area contributed by atoms with Crippen LogP contribution in [0.4, 0.5) is 0 Å². The molecule has 1 heterocycles. The molecule has 1 aliphatic rings. The van der Waals surface area contributed by atoms with Crippen LogP contribution in [0.5, 0.6) is 0 Å². The van der Waals surface area contributed by atoms with Gasteiger partial charge in [0.05, 0.1) is 0 Å². The second-order valence-electron chi connectivity index (χ2n) is 3.79. The Morgan fingerprint density at radius 2 is 2.06 bits per heavy atom. The maximum atomic E-state index is 11.6. The number of unbranched alkanes of at least 4 members (excludes halogenated alkanes) is 1. The van der Waals surface area contributed by atoms with Gasteiger partial charge in [0.1, 0.15) is 5.76 Å². The van der Waals surface area contributed by atoms with E-state index in [2.05, 4.69) is 0 Å². The number of allylic oxidation sites excluding steroid dienone is 2. The number of ether oxygens (including phenoxy) is 1. The van der Waals surface area contributed by atoms with Crippen molar-refractivity contribution in [2.24, 2.45) is 5.92 Å². The number of cyclic esters (lactones) is 1. The summed E-state index contributed by atoms with van der Waals surface area (Å²) >= 11 is 0. The Labute approximate surface area is 94.7 Å². The number of Topliss-reactive ketones (excluding diaryl/α,β-unsaturated/α-hetero) is 1. The Morgan fingerprint density at radius 3 is 2.56 bits per heavy atom. The number of ketones is 2. The van der Waals surface area contributed by atoms with E-state index in [0.717, 1.165) is 6.42 Å². The lowest BCUT2D eigenvalue weighted by molar-refractivity contribution is -0.153. The Bertz CT molecular complexity index is 341. The molecule has 1 aliphatic heterocycles. The fraction of sp³-hybridized carbons (Fsp3) is 0.583. The highest BCUT2D eigenvalue weighted by atomic mass is 16.5. The second kappa shape index (κ2) is 5.58. The molecule has 0 amide bonds. The Kier molecular flexibility index (Phi) is 4.40. The van der Waals surface area contributed by atoms with Gasteiger partial charge in [-0.2, -0.15) is 0 Å². The first-order chi connectivity index (χ1) is 7.60. The zero-order valence-electron chi connectivity index (χ0n) is 9.62. The fourth-order valence-electron chi connectivity index (χ4n) is 1.54. The molecular weight excluding hydrogens is 208 g/mol. The molecule has 1 atom stereocenters. The van der Waals surface area contributed by atoms with Gasteiger partial charge in [0, 0.05) is 18.9 Å². The van der Waals surface area contributed by atoms with Crippen LogP contribution in [0.15, 0.2) is 11.8 Å². The van der Waals surface area contributed by atoms with E-state index in [0.29, 0.717) is 18.6 Å². The fourth-order valence-corrected chi connectivity index (χ4v) is 1.54. The molecule has 0 radical (unpaired) electrons. The summed E-state index contributed by atoms with van der Waals surface area (Å²) in [5.74, 6) is -2.36. The van der Waals surface area contributed by atoms with Crippen LogP contribution >= 0.6 is 0 Å². The predicted octanol–water partition coefficient (Wildman–Crippen LogP) is 1.78. The van der Waals surface area contributed by atoms with Gasteiger partial charge >= 0.3 is 5.97 Å². The Balaban J connectivity index is 2.75. The molecule has 88 valence electrons. The summed E-state index contributed by atoms with van der Waals surface area (Å²) in [5.41, 5.74) is 0. The first-order valence-electron chi connectivity index (χ1n) is 5.59. The Hall–Kier alpha value is -1.45. The first-order valence-corrected chi connectivity index (χ1v) is 5.59. The minimum absolute atomic E-state index is 0.261. The highest BCUT2D eigenvalue weighted by Crippen LogP contribution is 2.19. The van der Waals surface area contributed by atoms with Crippen molar-refractivity contribution in [3.8, 4) is 0 Å². The summed E-state index contributed by atoms with van der Waals surface area (Å²) in [5, 5.41) is 0. The normalized spacial score (nSPS) is 20.4. The highest BCUT2D eigenvalue weighted by Gasteiger charge is 2.37. The maximum absolute atomic E-state index is 11.6. The molecule has 16 heavy (non-hydrogen) atoms. The van der Waals surface area contributed by atoms with Crippen LogP contribution in [0, 0.1) is 5.92 Å². The van der Waals surface area contributed by atoms with Crippen molar-refractivity contribution < 1.29 is 19.1 Å². The van der Waals surface area contributed by atoms with Gasteiger partial charge in [-0.15, -0.1) is 0 Å². The molecule has 0 aromatic carbocycles. The van der Waals surface area contributed by atoms with Crippen LogP contribution in [0.2, 0.25) is 0 Å². The monoisotopic (exact) mass is 224 g/mol. The van der Waals surface area contributed by atoms with E-state index in [4.69, 9.17) is 4.74 Å². The molecular formula is C12H16O4. The van der Waals surface area contributed by atoms with Crippen molar-refractivity contribution in [1.29, 1.82) is 0 Å². The van der Waals surface area contributed by atoms with Crippen LogP contribution in [-0.4, -0.2) is 17.5 Å². The molecule has 0 aromatic rings. The van der Waals surface area contributed by atoms with Gasteiger partial charge < -0.3 is 4.74 Å². The second-order valence-corrected chi connectivity index (χ2v) is 3.79. The van der Waals surface area contributed by atoms with Crippen molar-refractivity contribution in [1.82, 2.24) is 0 Å². The molecule has 0 aromatic heterocycles. The maximum Gasteiger partial charge on any atom is 0.329 e. The number of rotatable bonds is 5. The summed E-state index contributed by atoms with van der Waals surface area (Å²) in [6.45, 7) is 3.73. The third-order valence-corrected chi connectivity index (χ3v) is 2.50. The lowest BCUT2D eigenvalue weighted by atomic mass is 9.93. The number of carbonyl (C=O) groups is 3. The quantitative estimate of drug-likeness (QED) is 0.527. The summed E-state index contributed by atoms with van der Waals surface area (Å²) in [4.78, 5) is 34.7. The number of carbonyl (C=O) groups excluding carboxylic acids is 3. The molecule has 0 N–H and O–H groups in total. The minimum Gasteiger partial charge on any atom is -0.430 e. The minimum atomic E-state index is -1.22. The third-order valence-electron chi connectivity index (χ3n) is 2.50. The molecule has 0 bridgehead atoms. The van der Waals surface area contributed by atoms with Crippen LogP contribution in [0.1, 0.15) is 39.5 Å². The molecule has 0 spiro atoms. The standard InChI is InChI=1S/C12H16O4/c1-3-5-6-9(13)11-10(14)7-8(4-2)16-12(11)15/h7,11H,3-6H2,1-2H3. The van der Waals surface area contributed by atoms with Gasteiger partial charge in [-0.05, 0) is 6.42 Å². The van der Waals surface area contributed by atoms with E-state index < -0.39 is 17.7 Å². The predicted molar refractivity (Wildman–Crippen MR) is 57.5 cm³/mol. The summed E-state index contributed by atoms with van der Waals surface area (Å²) in [6, 6.07) is 0. The zero-order chi connectivity index (χ0) is 12.1. The first kappa shape index (κ1) is 12.6. The zero-order valence-corrected chi connectivity index (χ0v) is 9.62. The van der Waals surface area contributed by atoms with E-state index in [9.17, 15) is 14.4 Å². The van der Waals surface area contributed by atoms with Crippen molar-refractivity contribution in [2.75, 3.05) is 0 Å². The molecule has 0 fully saturated rings. The van der Waals surface area contributed by atoms with E-state index in [-0.39, 0.29) is 12.2 Å². The molecule has 4 nitrogen and oxygen atoms in total. The van der Waals surface area contributed by atoms with E-state index in [1.54, 1.807) is 6.92 Å². The molecule has 0 saturated heterocycles. The van der Waals surface area contributed by atoms with Crippen LogP contribution in [0.25, 0.3) is 0 Å². The molecule has 1 rings (SSSR count). The van der Waals surface area contributed by atoms with E-state index in [1.807, 2.05) is 6.92 Å². The van der Waals surface area contributed by atoms with Crippen molar-refractivity contribution >= 4 is 17.5 Å². The molecule has 0 aliphatic carbocycles. The average Bonchev–Trinajstić information content (AvgIpc) is 2.25. The number of esters is 1. The van der Waals surface area contributed by atoms with Crippen molar-refractivity contribution in [3.63, 3.8) is 0 Å². The number of hydrogen-bond acceptors (Lipinski definition) is 4. The smallest absolute Gasteiger partial charge is 0.329 e. The van der Waals surface area contributed by atoms with Gasteiger partial charge in [-0.25, -0.2) is 0 Å². The van der Waals surface area contributed by atoms with Crippen molar-refractivity contribution in [3.05, 3.63) is 11.8 Å².